The van der Waals surface area contributed by atoms with Crippen LogP contribution >= 0.6 is 11.5 Å². The van der Waals surface area contributed by atoms with Crippen molar-refractivity contribution in [2.24, 2.45) is 5.73 Å². The zero-order valence-corrected chi connectivity index (χ0v) is 7.12. The highest BCUT2D eigenvalue weighted by atomic mass is 32.1. The summed E-state index contributed by atoms with van der Waals surface area (Å²) in [6.45, 7) is 1.27. The molecule has 1 aliphatic heterocycles. The van der Waals surface area contributed by atoms with Crippen LogP contribution in [0.1, 0.15) is 10.5 Å². The molecule has 0 spiro atoms. The normalized spacial score (nSPS) is 17.6. The van der Waals surface area contributed by atoms with Crippen LogP contribution in [0.4, 0.5) is 0 Å². The van der Waals surface area contributed by atoms with Gasteiger partial charge in [-0.2, -0.15) is 0 Å². The lowest BCUT2D eigenvalue weighted by molar-refractivity contribution is 0.0602. The molecule has 2 rings (SSSR count). The van der Waals surface area contributed by atoms with Crippen molar-refractivity contribution in [2.45, 2.75) is 6.04 Å². The third-order valence-corrected chi connectivity index (χ3v) is 2.28. The molecule has 0 aromatic carbocycles. The summed E-state index contributed by atoms with van der Waals surface area (Å²) in [5.74, 6) is -0.0644. The molecule has 0 radical (unpaired) electrons. The highest BCUT2D eigenvalue weighted by Gasteiger charge is 2.29. The van der Waals surface area contributed by atoms with Crippen molar-refractivity contribution in [3.63, 3.8) is 0 Å². The Balaban J connectivity index is 2.03. The van der Waals surface area contributed by atoms with E-state index in [1.165, 1.54) is 11.5 Å². The number of rotatable bonds is 1. The molecule has 64 valence electrons. The van der Waals surface area contributed by atoms with E-state index >= 15 is 0 Å². The number of amides is 1. The first-order chi connectivity index (χ1) is 5.77. The maximum atomic E-state index is 11.4. The van der Waals surface area contributed by atoms with Gasteiger partial charge in [0.1, 0.15) is 0 Å². The second-order valence-electron chi connectivity index (χ2n) is 2.76. The van der Waals surface area contributed by atoms with Crippen molar-refractivity contribution >= 4 is 17.4 Å². The van der Waals surface area contributed by atoms with Crippen LogP contribution in [0, 0.1) is 0 Å². The van der Waals surface area contributed by atoms with E-state index < -0.39 is 0 Å². The van der Waals surface area contributed by atoms with Gasteiger partial charge in [-0.05, 0) is 11.5 Å². The van der Waals surface area contributed by atoms with E-state index in [-0.39, 0.29) is 11.9 Å². The summed E-state index contributed by atoms with van der Waals surface area (Å²) in [7, 11) is 0. The molecule has 1 fully saturated rings. The predicted octanol–water partition coefficient (Wildman–Crippen LogP) is -0.679. The molecule has 1 amide bonds. The van der Waals surface area contributed by atoms with Gasteiger partial charge in [0.15, 0.2) is 5.69 Å². The fourth-order valence-electron chi connectivity index (χ4n) is 1.10. The van der Waals surface area contributed by atoms with Gasteiger partial charge < -0.3 is 10.6 Å². The number of hydrogen-bond acceptors (Lipinski definition) is 5. The largest absolute Gasteiger partial charge is 0.334 e. The van der Waals surface area contributed by atoms with Gasteiger partial charge in [0, 0.05) is 24.5 Å². The minimum absolute atomic E-state index is 0.0644. The van der Waals surface area contributed by atoms with Gasteiger partial charge in [0.2, 0.25) is 0 Å². The van der Waals surface area contributed by atoms with Crippen LogP contribution in [0.15, 0.2) is 5.38 Å². The Hall–Kier alpha value is -1.01. The molecule has 1 aromatic rings. The zero-order valence-electron chi connectivity index (χ0n) is 6.30. The quantitative estimate of drug-likeness (QED) is 0.627. The highest BCUT2D eigenvalue weighted by Crippen LogP contribution is 2.10. The second-order valence-corrected chi connectivity index (χ2v) is 3.37. The van der Waals surface area contributed by atoms with Crippen LogP contribution in [0.2, 0.25) is 0 Å². The fraction of sp³-hybridized carbons (Fsp3) is 0.500. The molecule has 0 saturated carbocycles. The maximum absolute atomic E-state index is 11.4. The summed E-state index contributed by atoms with van der Waals surface area (Å²) in [6, 6.07) is 0.139. The maximum Gasteiger partial charge on any atom is 0.275 e. The molecule has 5 nitrogen and oxygen atoms in total. The second kappa shape index (κ2) is 2.80. The SMILES string of the molecule is NC1CN(C(=O)c2csnn2)C1. The van der Waals surface area contributed by atoms with Crippen molar-refractivity contribution in [1.82, 2.24) is 14.5 Å². The van der Waals surface area contributed by atoms with Gasteiger partial charge in [-0.25, -0.2) is 0 Å². The van der Waals surface area contributed by atoms with Crippen LogP contribution in [-0.4, -0.2) is 39.5 Å². The molecule has 0 atom stereocenters. The number of carbonyl (C=O) groups is 1. The van der Waals surface area contributed by atoms with Gasteiger partial charge in [-0.15, -0.1) is 5.10 Å². The predicted molar refractivity (Wildman–Crippen MR) is 43.8 cm³/mol. The van der Waals surface area contributed by atoms with Gasteiger partial charge in [-0.3, -0.25) is 4.79 Å². The molecule has 0 bridgehead atoms. The molecule has 1 aliphatic rings. The molecule has 1 aromatic heterocycles. The molecule has 2 N–H and O–H groups in total. The third-order valence-electron chi connectivity index (χ3n) is 1.78. The van der Waals surface area contributed by atoms with Crippen molar-refractivity contribution in [3.8, 4) is 0 Å². The van der Waals surface area contributed by atoms with Gasteiger partial charge in [0.05, 0.1) is 0 Å². The fourth-order valence-corrected chi connectivity index (χ4v) is 1.53. The summed E-state index contributed by atoms with van der Waals surface area (Å²) in [6.07, 6.45) is 0. The van der Waals surface area contributed by atoms with Crippen LogP contribution in [0.25, 0.3) is 0 Å². The summed E-state index contributed by atoms with van der Waals surface area (Å²) in [5.41, 5.74) is 5.96. The van der Waals surface area contributed by atoms with Crippen molar-refractivity contribution < 1.29 is 4.79 Å². The van der Waals surface area contributed by atoms with E-state index in [0.717, 1.165) is 0 Å². The van der Waals surface area contributed by atoms with Crippen LogP contribution in [0.3, 0.4) is 0 Å². The number of carbonyl (C=O) groups excluding carboxylic acids is 1. The van der Waals surface area contributed by atoms with Crippen LogP contribution < -0.4 is 5.73 Å². The van der Waals surface area contributed by atoms with Crippen molar-refractivity contribution in [2.75, 3.05) is 13.1 Å². The molecule has 2 heterocycles. The Morgan fingerprint density at radius 2 is 2.50 bits per heavy atom. The molecular formula is C6H8N4OS. The lowest BCUT2D eigenvalue weighted by Crippen LogP contribution is -2.57. The number of nitrogens with zero attached hydrogens (tertiary/aromatic N) is 3. The third kappa shape index (κ3) is 1.19. The van der Waals surface area contributed by atoms with Crippen LogP contribution in [-0.2, 0) is 0 Å². The minimum atomic E-state index is -0.0644. The van der Waals surface area contributed by atoms with Crippen LogP contribution in [0.5, 0.6) is 0 Å². The summed E-state index contributed by atoms with van der Waals surface area (Å²) >= 11 is 1.18. The average Bonchev–Trinajstić information content (AvgIpc) is 2.49. The Labute approximate surface area is 73.3 Å². The van der Waals surface area contributed by atoms with E-state index in [1.807, 2.05) is 0 Å². The summed E-state index contributed by atoms with van der Waals surface area (Å²) in [4.78, 5) is 13.1. The Bertz CT molecular complexity index is 280. The van der Waals surface area contributed by atoms with E-state index in [0.29, 0.717) is 18.8 Å². The first-order valence-electron chi connectivity index (χ1n) is 3.59. The number of aromatic nitrogens is 2. The standard InChI is InChI=1S/C6H8N4OS/c7-4-1-10(2-4)6(11)5-3-12-9-8-5/h3-4H,1-2,7H2. The van der Waals surface area contributed by atoms with Gasteiger partial charge in [0.25, 0.3) is 5.91 Å². The Morgan fingerprint density at radius 3 is 3.00 bits per heavy atom. The first-order valence-corrected chi connectivity index (χ1v) is 4.43. The van der Waals surface area contributed by atoms with E-state index in [1.54, 1.807) is 10.3 Å². The smallest absolute Gasteiger partial charge is 0.275 e. The first kappa shape index (κ1) is 7.63. The molecular weight excluding hydrogens is 176 g/mol. The monoisotopic (exact) mass is 184 g/mol. The number of likely N-dealkylation sites (tertiary alicyclic amines) is 1. The summed E-state index contributed by atoms with van der Waals surface area (Å²) < 4.78 is 3.62. The Morgan fingerprint density at radius 1 is 1.75 bits per heavy atom. The minimum Gasteiger partial charge on any atom is -0.334 e. The van der Waals surface area contributed by atoms with E-state index in [2.05, 4.69) is 9.59 Å². The van der Waals surface area contributed by atoms with Gasteiger partial charge >= 0.3 is 0 Å². The topological polar surface area (TPSA) is 72.1 Å². The molecule has 0 aliphatic carbocycles. The lowest BCUT2D eigenvalue weighted by atomic mass is 10.1. The molecule has 12 heavy (non-hydrogen) atoms. The average molecular weight is 184 g/mol. The van der Waals surface area contributed by atoms with Crippen molar-refractivity contribution in [3.05, 3.63) is 11.1 Å². The highest BCUT2D eigenvalue weighted by molar-refractivity contribution is 7.03. The van der Waals surface area contributed by atoms with Gasteiger partial charge in [-0.1, -0.05) is 4.49 Å². The Kier molecular flexibility index (Phi) is 1.78. The number of hydrogen-bond donors (Lipinski definition) is 1. The molecule has 6 heteroatoms. The van der Waals surface area contributed by atoms with E-state index in [9.17, 15) is 4.79 Å². The lowest BCUT2D eigenvalue weighted by Gasteiger charge is -2.36. The molecule has 1 saturated heterocycles. The summed E-state index contributed by atoms with van der Waals surface area (Å²) in [5, 5.41) is 5.33. The zero-order chi connectivity index (χ0) is 8.55. The molecule has 0 unspecified atom stereocenters. The number of nitrogens with two attached hydrogens (primary N) is 1. The van der Waals surface area contributed by atoms with E-state index in [4.69, 9.17) is 5.73 Å². The van der Waals surface area contributed by atoms with Crippen molar-refractivity contribution in [1.29, 1.82) is 0 Å².